The molecule has 0 spiro atoms. The van der Waals surface area contributed by atoms with Crippen LogP contribution < -0.4 is 10.6 Å². The van der Waals surface area contributed by atoms with Gasteiger partial charge in [-0.2, -0.15) is 0 Å². The van der Waals surface area contributed by atoms with E-state index in [4.69, 9.17) is 0 Å². The van der Waals surface area contributed by atoms with Crippen molar-refractivity contribution in [3.8, 4) is 16.4 Å². The Morgan fingerprint density at radius 2 is 1.78 bits per heavy atom. The zero-order chi connectivity index (χ0) is 22.1. The molecule has 7 nitrogen and oxygen atoms in total. The molecule has 2 N–H and O–H groups in total. The number of carbonyl (C=O) groups is 2. The van der Waals surface area contributed by atoms with Crippen molar-refractivity contribution in [1.29, 1.82) is 0 Å². The number of hydrogen-bond donors (Lipinski definition) is 2. The van der Waals surface area contributed by atoms with Crippen LogP contribution in [0.3, 0.4) is 0 Å². The number of benzene rings is 2. The van der Waals surface area contributed by atoms with Crippen LogP contribution in [-0.4, -0.2) is 32.6 Å². The maximum atomic E-state index is 13.4. The minimum atomic E-state index is -0.546. The molecule has 1 aliphatic rings. The van der Waals surface area contributed by atoms with E-state index in [0.717, 1.165) is 17.7 Å². The van der Waals surface area contributed by atoms with Gasteiger partial charge in [-0.05, 0) is 60.7 Å². The average molecular weight is 447 g/mol. The van der Waals surface area contributed by atoms with E-state index >= 15 is 0 Å². The van der Waals surface area contributed by atoms with Crippen LogP contribution in [0.1, 0.15) is 33.8 Å². The predicted octanol–water partition coefficient (Wildman–Crippen LogP) is 4.28. The molecular weight excluding hydrogens is 429 g/mol. The van der Waals surface area contributed by atoms with Crippen LogP contribution in [0, 0.1) is 5.82 Å². The van der Waals surface area contributed by atoms with Gasteiger partial charge in [0.2, 0.25) is 5.82 Å². The van der Waals surface area contributed by atoms with Crippen molar-refractivity contribution in [1.82, 2.24) is 20.1 Å². The summed E-state index contributed by atoms with van der Waals surface area (Å²) in [4.78, 5) is 30.8. The van der Waals surface area contributed by atoms with E-state index in [1.165, 1.54) is 28.2 Å². The quantitative estimate of drug-likeness (QED) is 0.462. The van der Waals surface area contributed by atoms with Crippen LogP contribution >= 0.6 is 11.3 Å². The van der Waals surface area contributed by atoms with Crippen LogP contribution in [0.15, 0.2) is 66.0 Å². The van der Waals surface area contributed by atoms with E-state index in [-0.39, 0.29) is 23.6 Å². The van der Waals surface area contributed by atoms with Crippen molar-refractivity contribution in [2.75, 3.05) is 5.32 Å². The number of amides is 2. The lowest BCUT2D eigenvalue weighted by molar-refractivity contribution is 0.0952. The molecule has 0 saturated heterocycles. The second kappa shape index (κ2) is 8.35. The molecule has 1 saturated carbocycles. The second-order valence-corrected chi connectivity index (χ2v) is 8.32. The maximum Gasteiger partial charge on any atom is 0.295 e. The fraction of sp³-hybridized carbons (Fsp3) is 0.130. The molecule has 0 radical (unpaired) electrons. The van der Waals surface area contributed by atoms with Crippen molar-refractivity contribution in [3.05, 3.63) is 83.2 Å². The van der Waals surface area contributed by atoms with Crippen molar-refractivity contribution >= 4 is 28.8 Å². The zero-order valence-corrected chi connectivity index (χ0v) is 17.6. The minimum Gasteiger partial charge on any atom is -0.349 e. The Kier molecular flexibility index (Phi) is 5.24. The molecular formula is C23H18FN5O2S. The number of aromatic nitrogens is 3. The van der Waals surface area contributed by atoms with Crippen molar-refractivity contribution in [3.63, 3.8) is 0 Å². The highest BCUT2D eigenvalue weighted by Gasteiger charge is 2.26. The fourth-order valence-electron chi connectivity index (χ4n) is 3.20. The van der Waals surface area contributed by atoms with E-state index in [2.05, 4.69) is 20.7 Å². The first-order valence-electron chi connectivity index (χ1n) is 10.1. The summed E-state index contributed by atoms with van der Waals surface area (Å²) in [7, 11) is 0. The Bertz CT molecular complexity index is 1280. The first-order valence-corrected chi connectivity index (χ1v) is 10.9. The van der Waals surface area contributed by atoms with Gasteiger partial charge in [-0.15, -0.1) is 16.4 Å². The van der Waals surface area contributed by atoms with E-state index in [0.29, 0.717) is 22.8 Å². The Hall–Kier alpha value is -3.85. The third-order valence-corrected chi connectivity index (χ3v) is 5.82. The van der Waals surface area contributed by atoms with Gasteiger partial charge in [-0.1, -0.05) is 18.2 Å². The highest BCUT2D eigenvalue weighted by molar-refractivity contribution is 7.13. The van der Waals surface area contributed by atoms with Crippen LogP contribution in [0.4, 0.5) is 10.1 Å². The molecule has 2 aromatic heterocycles. The summed E-state index contributed by atoms with van der Waals surface area (Å²) in [5.74, 6) is -0.736. The average Bonchev–Trinajstić information content (AvgIpc) is 3.26. The molecule has 0 bridgehead atoms. The Morgan fingerprint density at radius 1 is 1.00 bits per heavy atom. The number of halogens is 1. The minimum absolute atomic E-state index is 0.0601. The van der Waals surface area contributed by atoms with Crippen LogP contribution in [-0.2, 0) is 0 Å². The lowest BCUT2D eigenvalue weighted by Crippen LogP contribution is -2.27. The molecule has 0 unspecified atom stereocenters. The predicted molar refractivity (Wildman–Crippen MR) is 120 cm³/mol. The van der Waals surface area contributed by atoms with E-state index in [1.807, 2.05) is 17.5 Å². The highest BCUT2D eigenvalue weighted by atomic mass is 32.1. The molecule has 1 fully saturated rings. The standard InChI is InChI=1S/C23H18FN5O2S/c24-14-7-11-16(12-8-14)29-21(19-6-3-13-32-19)27-20(28-29)23(31)26-18-5-2-1-4-17(18)22(30)25-15-9-10-15/h1-8,11-13,15H,9-10H2,(H,25,30)(H,26,31). The number of carbonyl (C=O) groups excluding carboxylic acids is 2. The molecule has 2 amide bonds. The number of hydrogen-bond acceptors (Lipinski definition) is 5. The molecule has 5 rings (SSSR count). The van der Waals surface area contributed by atoms with Gasteiger partial charge in [0, 0.05) is 6.04 Å². The summed E-state index contributed by atoms with van der Waals surface area (Å²) in [6, 6.07) is 16.5. The number of para-hydroxylation sites is 1. The monoisotopic (exact) mass is 447 g/mol. The van der Waals surface area contributed by atoms with Crippen molar-refractivity contribution < 1.29 is 14.0 Å². The number of nitrogens with one attached hydrogen (secondary N) is 2. The summed E-state index contributed by atoms with van der Waals surface area (Å²) in [5.41, 5.74) is 1.33. The molecule has 160 valence electrons. The first kappa shape index (κ1) is 20.1. The fourth-order valence-corrected chi connectivity index (χ4v) is 3.89. The Morgan fingerprint density at radius 3 is 2.50 bits per heavy atom. The third kappa shape index (κ3) is 4.15. The molecule has 4 aromatic rings. The van der Waals surface area contributed by atoms with Crippen LogP contribution in [0.5, 0.6) is 0 Å². The molecule has 2 heterocycles. The van der Waals surface area contributed by atoms with E-state index in [9.17, 15) is 14.0 Å². The topological polar surface area (TPSA) is 88.9 Å². The van der Waals surface area contributed by atoms with Gasteiger partial charge in [0.15, 0.2) is 5.82 Å². The maximum absolute atomic E-state index is 13.4. The lowest BCUT2D eigenvalue weighted by atomic mass is 10.1. The SMILES string of the molecule is O=C(Nc1ccccc1C(=O)NC1CC1)c1nc(-c2cccs2)n(-c2ccc(F)cc2)n1. The molecule has 2 aromatic carbocycles. The van der Waals surface area contributed by atoms with Crippen molar-refractivity contribution in [2.24, 2.45) is 0 Å². The van der Waals surface area contributed by atoms with Crippen LogP contribution in [0.2, 0.25) is 0 Å². The van der Waals surface area contributed by atoms with Crippen LogP contribution in [0.25, 0.3) is 16.4 Å². The van der Waals surface area contributed by atoms with Gasteiger partial charge in [0.1, 0.15) is 5.82 Å². The molecule has 9 heteroatoms. The van der Waals surface area contributed by atoms with Gasteiger partial charge in [-0.3, -0.25) is 9.59 Å². The summed E-state index contributed by atoms with van der Waals surface area (Å²) in [5, 5.41) is 11.9. The third-order valence-electron chi connectivity index (χ3n) is 4.96. The highest BCUT2D eigenvalue weighted by Crippen LogP contribution is 2.26. The second-order valence-electron chi connectivity index (χ2n) is 7.37. The molecule has 0 atom stereocenters. The van der Waals surface area contributed by atoms with Gasteiger partial charge in [0.25, 0.3) is 11.8 Å². The van der Waals surface area contributed by atoms with Gasteiger partial charge in [0.05, 0.1) is 21.8 Å². The smallest absolute Gasteiger partial charge is 0.295 e. The normalized spacial score (nSPS) is 13.0. The number of anilines is 1. The number of rotatable bonds is 6. The number of nitrogens with zero attached hydrogens (tertiary/aromatic N) is 3. The van der Waals surface area contributed by atoms with Gasteiger partial charge < -0.3 is 10.6 Å². The van der Waals surface area contributed by atoms with E-state index < -0.39 is 5.91 Å². The molecule has 1 aliphatic carbocycles. The van der Waals surface area contributed by atoms with Crippen molar-refractivity contribution in [2.45, 2.75) is 18.9 Å². The first-order chi connectivity index (χ1) is 15.6. The summed E-state index contributed by atoms with van der Waals surface area (Å²) < 4.78 is 14.9. The summed E-state index contributed by atoms with van der Waals surface area (Å²) in [6.07, 6.45) is 1.94. The number of thiophene rings is 1. The van der Waals surface area contributed by atoms with Gasteiger partial charge >= 0.3 is 0 Å². The summed E-state index contributed by atoms with van der Waals surface area (Å²) in [6.45, 7) is 0. The van der Waals surface area contributed by atoms with E-state index in [1.54, 1.807) is 36.4 Å². The largest absolute Gasteiger partial charge is 0.349 e. The zero-order valence-electron chi connectivity index (χ0n) is 16.8. The summed E-state index contributed by atoms with van der Waals surface area (Å²) >= 11 is 1.45. The Balaban J connectivity index is 1.46. The Labute approximate surface area is 186 Å². The van der Waals surface area contributed by atoms with Gasteiger partial charge in [-0.25, -0.2) is 14.1 Å². The molecule has 32 heavy (non-hydrogen) atoms. The lowest BCUT2D eigenvalue weighted by Gasteiger charge is -2.10. The molecule has 0 aliphatic heterocycles.